The minimum Gasteiger partial charge on any atom is -0.495 e. The summed E-state index contributed by atoms with van der Waals surface area (Å²) in [6.07, 6.45) is 1.84. The molecule has 4 rings (SSSR count). The number of allylic oxidation sites excluding steroid dienone is 1. The summed E-state index contributed by atoms with van der Waals surface area (Å²) in [7, 11) is 1.64. The maximum Gasteiger partial charge on any atom is 0.338 e. The van der Waals surface area contributed by atoms with Gasteiger partial charge in [-0.15, -0.1) is 0 Å². The molecule has 0 saturated heterocycles. The average molecular weight is 721 g/mol. The lowest BCUT2D eigenvalue weighted by Crippen LogP contribution is -2.39. The van der Waals surface area contributed by atoms with Crippen LogP contribution in [0.3, 0.4) is 0 Å². The standard InChI is InChI=1S/C24H19ClI2N2O4S/c1-4-33-23(31)19-12(2)28-24-29(20(19)14-5-7-15(25)8-6-14)22(30)18(34-24)11-13-9-16(26)21(32-3)17(27)10-13/h5-11,20H,4H2,1-3H3. The normalized spacial score (nSPS) is 15.7. The van der Waals surface area contributed by atoms with Crippen molar-refractivity contribution in [2.24, 2.45) is 4.99 Å². The summed E-state index contributed by atoms with van der Waals surface area (Å²) in [5.74, 6) is 0.314. The lowest BCUT2D eigenvalue weighted by atomic mass is 9.96. The third kappa shape index (κ3) is 4.84. The number of halogens is 3. The van der Waals surface area contributed by atoms with Crippen molar-refractivity contribution >= 4 is 80.2 Å². The first kappa shape index (κ1) is 25.4. The van der Waals surface area contributed by atoms with Gasteiger partial charge in [-0.1, -0.05) is 35.1 Å². The van der Waals surface area contributed by atoms with Gasteiger partial charge in [0, 0.05) is 5.02 Å². The number of thiazole rings is 1. The van der Waals surface area contributed by atoms with Crippen molar-refractivity contribution in [1.29, 1.82) is 0 Å². The molecule has 34 heavy (non-hydrogen) atoms. The van der Waals surface area contributed by atoms with Crippen molar-refractivity contribution in [1.82, 2.24) is 4.57 Å². The monoisotopic (exact) mass is 720 g/mol. The Balaban J connectivity index is 1.94. The second-order valence-corrected chi connectivity index (χ2v) is 11.1. The SMILES string of the molecule is CCOC(=O)C1=C(C)N=c2sc(=Cc3cc(I)c(OC)c(I)c3)c(=O)n2C1c1ccc(Cl)cc1. The Labute approximate surface area is 232 Å². The van der Waals surface area contributed by atoms with Crippen LogP contribution in [-0.4, -0.2) is 24.3 Å². The number of nitrogens with zero attached hydrogens (tertiary/aromatic N) is 2. The highest BCUT2D eigenvalue weighted by atomic mass is 127. The lowest BCUT2D eigenvalue weighted by Gasteiger charge is -2.24. The highest BCUT2D eigenvalue weighted by molar-refractivity contribution is 14.1. The summed E-state index contributed by atoms with van der Waals surface area (Å²) in [4.78, 5) is 31.7. The molecule has 0 N–H and O–H groups in total. The molecule has 10 heteroatoms. The summed E-state index contributed by atoms with van der Waals surface area (Å²) < 4.78 is 14.7. The van der Waals surface area contributed by atoms with Gasteiger partial charge in [0.05, 0.1) is 42.7 Å². The lowest BCUT2D eigenvalue weighted by molar-refractivity contribution is -0.139. The Kier molecular flexibility index (Phi) is 7.85. The third-order valence-electron chi connectivity index (χ3n) is 5.23. The number of carbonyl (C=O) groups is 1. The van der Waals surface area contributed by atoms with Crippen molar-refractivity contribution in [2.45, 2.75) is 19.9 Å². The molecule has 1 unspecified atom stereocenters. The summed E-state index contributed by atoms with van der Waals surface area (Å²) in [6, 6.07) is 10.4. The summed E-state index contributed by atoms with van der Waals surface area (Å²) in [6.45, 7) is 3.74. The number of carbonyl (C=O) groups excluding carboxylic acids is 1. The van der Waals surface area contributed by atoms with Gasteiger partial charge >= 0.3 is 5.97 Å². The van der Waals surface area contributed by atoms with Crippen molar-refractivity contribution in [3.8, 4) is 5.75 Å². The van der Waals surface area contributed by atoms with Gasteiger partial charge in [-0.2, -0.15) is 0 Å². The summed E-state index contributed by atoms with van der Waals surface area (Å²) in [5, 5.41) is 0.568. The van der Waals surface area contributed by atoms with E-state index in [2.05, 4.69) is 50.2 Å². The number of hydrogen-bond acceptors (Lipinski definition) is 6. The van der Waals surface area contributed by atoms with E-state index in [1.807, 2.05) is 30.3 Å². The molecule has 2 heterocycles. The number of ether oxygens (including phenoxy) is 2. The van der Waals surface area contributed by atoms with Gasteiger partial charge in [0.15, 0.2) is 4.80 Å². The molecule has 3 aromatic rings. The number of hydrogen-bond donors (Lipinski definition) is 0. The van der Waals surface area contributed by atoms with Crippen LogP contribution < -0.4 is 19.6 Å². The first-order valence-corrected chi connectivity index (χ1v) is 13.6. The maximum absolute atomic E-state index is 13.6. The molecule has 0 spiro atoms. The van der Waals surface area contributed by atoms with Crippen LogP contribution in [0.1, 0.15) is 31.0 Å². The first-order chi connectivity index (χ1) is 16.2. The fourth-order valence-electron chi connectivity index (χ4n) is 3.76. The van der Waals surface area contributed by atoms with Crippen molar-refractivity contribution in [3.63, 3.8) is 0 Å². The Hall–Kier alpha value is -1.70. The van der Waals surface area contributed by atoms with E-state index in [4.69, 9.17) is 21.1 Å². The molecular formula is C24H19ClI2N2O4S. The fraction of sp³-hybridized carbons (Fsp3) is 0.208. The minimum absolute atomic E-state index is 0.223. The molecular weight excluding hydrogens is 702 g/mol. The second kappa shape index (κ2) is 10.5. The maximum atomic E-state index is 13.6. The average Bonchev–Trinajstić information content (AvgIpc) is 3.08. The Morgan fingerprint density at radius 3 is 2.47 bits per heavy atom. The largest absolute Gasteiger partial charge is 0.495 e. The van der Waals surface area contributed by atoms with Crippen molar-refractivity contribution < 1.29 is 14.3 Å². The Bertz CT molecular complexity index is 1470. The number of benzene rings is 2. The smallest absolute Gasteiger partial charge is 0.338 e. The van der Waals surface area contributed by atoms with E-state index in [1.165, 1.54) is 11.3 Å². The van der Waals surface area contributed by atoms with Gasteiger partial charge in [-0.3, -0.25) is 9.36 Å². The molecule has 176 valence electrons. The number of fused-ring (bicyclic) bond motifs is 1. The van der Waals surface area contributed by atoms with Crippen LogP contribution in [0.4, 0.5) is 0 Å². The number of esters is 1. The van der Waals surface area contributed by atoms with Gasteiger partial charge in [-0.05, 0) is 100 Å². The van der Waals surface area contributed by atoms with Gasteiger partial charge in [0.25, 0.3) is 5.56 Å². The zero-order valence-electron chi connectivity index (χ0n) is 18.4. The van der Waals surface area contributed by atoms with E-state index in [-0.39, 0.29) is 12.2 Å². The zero-order valence-corrected chi connectivity index (χ0v) is 24.3. The topological polar surface area (TPSA) is 69.9 Å². The molecule has 6 nitrogen and oxygen atoms in total. The van der Waals surface area contributed by atoms with Crippen molar-refractivity contribution in [3.05, 3.63) is 90.6 Å². The predicted molar refractivity (Wildman–Crippen MR) is 150 cm³/mol. The van der Waals surface area contributed by atoms with Crippen LogP contribution in [0, 0.1) is 7.14 Å². The molecule has 0 fully saturated rings. The second-order valence-electron chi connectivity index (χ2n) is 7.37. The van der Waals surface area contributed by atoms with E-state index in [0.29, 0.717) is 25.6 Å². The fourth-order valence-corrected chi connectivity index (χ4v) is 7.19. The number of rotatable bonds is 5. The van der Waals surface area contributed by atoms with Gasteiger partial charge in [-0.25, -0.2) is 9.79 Å². The highest BCUT2D eigenvalue weighted by Gasteiger charge is 2.33. The van der Waals surface area contributed by atoms with E-state index < -0.39 is 12.0 Å². The van der Waals surface area contributed by atoms with Crippen molar-refractivity contribution in [2.75, 3.05) is 13.7 Å². The van der Waals surface area contributed by atoms with Crippen LogP contribution in [0.5, 0.6) is 5.75 Å². The molecule has 1 atom stereocenters. The first-order valence-electron chi connectivity index (χ1n) is 10.2. The molecule has 0 saturated carbocycles. The Morgan fingerprint density at radius 2 is 1.88 bits per heavy atom. The number of aromatic nitrogens is 1. The molecule has 0 radical (unpaired) electrons. The van der Waals surface area contributed by atoms with E-state index in [0.717, 1.165) is 24.0 Å². The molecule has 1 aliphatic heterocycles. The van der Waals surface area contributed by atoms with Crippen LogP contribution in [0.2, 0.25) is 5.02 Å². The van der Waals surface area contributed by atoms with Gasteiger partial charge in [0.2, 0.25) is 0 Å². The molecule has 0 aliphatic carbocycles. The van der Waals surface area contributed by atoms with Crippen LogP contribution in [0.25, 0.3) is 6.08 Å². The molecule has 0 amide bonds. The van der Waals surface area contributed by atoms with E-state index >= 15 is 0 Å². The summed E-state index contributed by atoms with van der Waals surface area (Å²) >= 11 is 11.8. The van der Waals surface area contributed by atoms with Crippen LogP contribution in [0.15, 0.2) is 57.5 Å². The summed E-state index contributed by atoms with van der Waals surface area (Å²) in [5.41, 5.74) is 2.28. The van der Waals surface area contributed by atoms with Crippen LogP contribution in [-0.2, 0) is 9.53 Å². The van der Waals surface area contributed by atoms with E-state index in [9.17, 15) is 9.59 Å². The number of methoxy groups -OCH3 is 1. The molecule has 1 aromatic heterocycles. The third-order valence-corrected chi connectivity index (χ3v) is 8.06. The molecule has 1 aliphatic rings. The zero-order chi connectivity index (χ0) is 24.6. The molecule has 0 bridgehead atoms. The minimum atomic E-state index is -0.661. The quantitative estimate of drug-likeness (QED) is 0.284. The van der Waals surface area contributed by atoms with Crippen LogP contribution >= 0.6 is 68.1 Å². The van der Waals surface area contributed by atoms with Gasteiger partial charge < -0.3 is 9.47 Å². The predicted octanol–water partition coefficient (Wildman–Crippen LogP) is 4.67. The van der Waals surface area contributed by atoms with Gasteiger partial charge in [0.1, 0.15) is 5.75 Å². The Morgan fingerprint density at radius 1 is 1.24 bits per heavy atom. The molecule has 2 aromatic carbocycles. The van der Waals surface area contributed by atoms with E-state index in [1.54, 1.807) is 37.7 Å². The highest BCUT2D eigenvalue weighted by Crippen LogP contribution is 2.32.